The molecule has 0 aromatic carbocycles. The monoisotopic (exact) mass is 446 g/mol. The number of aliphatic carboxylic acids is 4. The minimum absolute atomic E-state index is 0.322. The van der Waals surface area contributed by atoms with Crippen molar-refractivity contribution in [1.82, 2.24) is 0 Å². The molecule has 0 amide bonds. The molecule has 0 saturated heterocycles. The highest BCUT2D eigenvalue weighted by Crippen LogP contribution is 2.14. The molecule has 0 atom stereocenters. The summed E-state index contributed by atoms with van der Waals surface area (Å²) in [6.07, 6.45) is 19.1. The average molecular weight is 447 g/mol. The number of carbonyl (C=O) groups is 4. The maximum absolute atomic E-state index is 10.4. The normalized spacial score (nSPS) is 10.2. The molecule has 0 fully saturated rings. The van der Waals surface area contributed by atoms with Gasteiger partial charge in [-0.3, -0.25) is 19.2 Å². The third-order valence-corrected chi connectivity index (χ3v) is 4.83. The largest absolute Gasteiger partial charge is 0.481 e. The molecule has 0 aliphatic heterocycles. The van der Waals surface area contributed by atoms with E-state index in [-0.39, 0.29) is 0 Å². The zero-order valence-electron chi connectivity index (χ0n) is 18.9. The molecular formula is C23H42O8. The van der Waals surface area contributed by atoms with E-state index >= 15 is 0 Å². The van der Waals surface area contributed by atoms with E-state index in [1.807, 2.05) is 0 Å². The quantitative estimate of drug-likeness (QED) is 0.129. The Morgan fingerprint density at radius 3 is 0.645 bits per heavy atom. The molecule has 0 spiro atoms. The number of hydrogen-bond acceptors (Lipinski definition) is 4. The van der Waals surface area contributed by atoms with Crippen LogP contribution in [-0.4, -0.2) is 44.3 Å². The first-order valence-electron chi connectivity index (χ1n) is 11.6. The summed E-state index contributed by atoms with van der Waals surface area (Å²) >= 11 is 0. The van der Waals surface area contributed by atoms with Crippen LogP contribution in [0.1, 0.15) is 122 Å². The molecule has 0 unspecified atom stereocenters. The third kappa shape index (κ3) is 35.7. The lowest BCUT2D eigenvalue weighted by Gasteiger charge is -2.03. The zero-order chi connectivity index (χ0) is 23.7. The van der Waals surface area contributed by atoms with Crippen LogP contribution in [-0.2, 0) is 19.2 Å². The topological polar surface area (TPSA) is 149 Å². The van der Waals surface area contributed by atoms with E-state index in [2.05, 4.69) is 0 Å². The Morgan fingerprint density at radius 1 is 0.323 bits per heavy atom. The van der Waals surface area contributed by atoms with Crippen LogP contribution in [0.3, 0.4) is 0 Å². The van der Waals surface area contributed by atoms with Crippen molar-refractivity contribution in [2.24, 2.45) is 0 Å². The van der Waals surface area contributed by atoms with E-state index in [0.717, 1.165) is 25.7 Å². The Bertz CT molecular complexity index is 434. The Kier molecular flexibility index (Phi) is 24.2. The standard InChI is InChI=1S/C20H38O4.C3H4O4/c21-19(22)17-15-13-11-9-7-5-3-1-2-4-6-8-10-12-14-16-18-20(23)24;4-2(5)1-3(6)7/h1-18H2,(H,21,22)(H,23,24);1H2,(H,4,5)(H,6,7). The summed E-state index contributed by atoms with van der Waals surface area (Å²) in [6, 6.07) is 0. The summed E-state index contributed by atoms with van der Waals surface area (Å²) in [5, 5.41) is 32.5. The van der Waals surface area contributed by atoms with Crippen molar-refractivity contribution < 1.29 is 39.6 Å². The van der Waals surface area contributed by atoms with Crippen LogP contribution < -0.4 is 0 Å². The van der Waals surface area contributed by atoms with Gasteiger partial charge in [-0.05, 0) is 12.8 Å². The van der Waals surface area contributed by atoms with Gasteiger partial charge in [0.25, 0.3) is 0 Å². The van der Waals surface area contributed by atoms with Crippen molar-refractivity contribution in [3.05, 3.63) is 0 Å². The molecule has 0 aliphatic rings. The highest BCUT2D eigenvalue weighted by Gasteiger charge is 2.01. The number of unbranched alkanes of at least 4 members (excludes halogenated alkanes) is 15. The predicted octanol–water partition coefficient (Wildman–Crippen LogP) is 5.72. The first-order valence-corrected chi connectivity index (χ1v) is 11.6. The van der Waals surface area contributed by atoms with Crippen molar-refractivity contribution in [3.8, 4) is 0 Å². The SMILES string of the molecule is O=C(O)CC(=O)O.O=C(O)CCCCCCCCCCCCCCCCCCC(=O)O. The van der Waals surface area contributed by atoms with E-state index in [9.17, 15) is 19.2 Å². The van der Waals surface area contributed by atoms with E-state index in [0.29, 0.717) is 12.8 Å². The van der Waals surface area contributed by atoms with Crippen molar-refractivity contribution in [3.63, 3.8) is 0 Å². The fourth-order valence-corrected chi connectivity index (χ4v) is 3.16. The highest BCUT2D eigenvalue weighted by atomic mass is 16.4. The second-order valence-corrected chi connectivity index (χ2v) is 7.91. The van der Waals surface area contributed by atoms with Gasteiger partial charge in [0.05, 0.1) is 0 Å². The summed E-state index contributed by atoms with van der Waals surface area (Å²) in [6.45, 7) is 0. The summed E-state index contributed by atoms with van der Waals surface area (Å²) in [7, 11) is 0. The average Bonchev–Trinajstić information content (AvgIpc) is 2.66. The molecule has 0 bridgehead atoms. The molecule has 0 aromatic heterocycles. The van der Waals surface area contributed by atoms with Gasteiger partial charge in [0.1, 0.15) is 6.42 Å². The summed E-state index contributed by atoms with van der Waals surface area (Å²) < 4.78 is 0. The third-order valence-electron chi connectivity index (χ3n) is 4.83. The zero-order valence-corrected chi connectivity index (χ0v) is 18.9. The molecule has 4 N–H and O–H groups in total. The molecule has 8 heteroatoms. The minimum Gasteiger partial charge on any atom is -0.481 e. The van der Waals surface area contributed by atoms with Crippen LogP contribution in [0, 0.1) is 0 Å². The van der Waals surface area contributed by atoms with Crippen molar-refractivity contribution in [2.75, 3.05) is 0 Å². The van der Waals surface area contributed by atoms with Gasteiger partial charge in [-0.1, -0.05) is 89.9 Å². The first kappa shape index (κ1) is 31.1. The maximum Gasteiger partial charge on any atom is 0.314 e. The Hall–Kier alpha value is -2.12. The first-order chi connectivity index (χ1) is 14.8. The maximum atomic E-state index is 10.4. The van der Waals surface area contributed by atoms with Crippen LogP contribution in [0.2, 0.25) is 0 Å². The Balaban J connectivity index is 0. The van der Waals surface area contributed by atoms with Gasteiger partial charge < -0.3 is 20.4 Å². The van der Waals surface area contributed by atoms with Crippen LogP contribution in [0.4, 0.5) is 0 Å². The lowest BCUT2D eigenvalue weighted by Crippen LogP contribution is -2.03. The molecule has 182 valence electrons. The van der Waals surface area contributed by atoms with Crippen molar-refractivity contribution >= 4 is 23.9 Å². The van der Waals surface area contributed by atoms with Gasteiger partial charge in [0, 0.05) is 12.8 Å². The molecule has 31 heavy (non-hydrogen) atoms. The van der Waals surface area contributed by atoms with Gasteiger partial charge in [0.15, 0.2) is 0 Å². The fraction of sp³-hybridized carbons (Fsp3) is 0.826. The van der Waals surface area contributed by atoms with Gasteiger partial charge in [-0.2, -0.15) is 0 Å². The van der Waals surface area contributed by atoms with Crippen LogP contribution >= 0.6 is 0 Å². The molecule has 0 rings (SSSR count). The molecule has 8 nitrogen and oxygen atoms in total. The van der Waals surface area contributed by atoms with Crippen molar-refractivity contribution in [2.45, 2.75) is 122 Å². The molecule has 0 saturated carbocycles. The smallest absolute Gasteiger partial charge is 0.314 e. The lowest BCUT2D eigenvalue weighted by molar-refractivity contribution is -0.147. The predicted molar refractivity (Wildman–Crippen MR) is 118 cm³/mol. The van der Waals surface area contributed by atoms with Crippen LogP contribution in [0.15, 0.2) is 0 Å². The van der Waals surface area contributed by atoms with E-state index in [1.54, 1.807) is 0 Å². The molecule has 0 aromatic rings. The lowest BCUT2D eigenvalue weighted by atomic mass is 10.0. The van der Waals surface area contributed by atoms with Gasteiger partial charge in [-0.15, -0.1) is 0 Å². The number of hydrogen-bond donors (Lipinski definition) is 4. The second-order valence-electron chi connectivity index (χ2n) is 7.91. The number of rotatable bonds is 21. The molecule has 0 aliphatic carbocycles. The molecule has 0 heterocycles. The molecule has 0 radical (unpaired) electrons. The number of carboxylic acid groups (broad SMARTS) is 4. The van der Waals surface area contributed by atoms with Gasteiger partial charge >= 0.3 is 23.9 Å². The van der Waals surface area contributed by atoms with Gasteiger partial charge in [-0.25, -0.2) is 0 Å². The van der Waals surface area contributed by atoms with E-state index < -0.39 is 30.3 Å². The van der Waals surface area contributed by atoms with E-state index in [1.165, 1.54) is 77.0 Å². The van der Waals surface area contributed by atoms with Crippen LogP contribution in [0.5, 0.6) is 0 Å². The fourth-order valence-electron chi connectivity index (χ4n) is 3.16. The van der Waals surface area contributed by atoms with Gasteiger partial charge in [0.2, 0.25) is 0 Å². The second kappa shape index (κ2) is 24.2. The molecular weight excluding hydrogens is 404 g/mol. The van der Waals surface area contributed by atoms with Crippen molar-refractivity contribution in [1.29, 1.82) is 0 Å². The Morgan fingerprint density at radius 2 is 0.516 bits per heavy atom. The minimum atomic E-state index is -1.31. The van der Waals surface area contributed by atoms with E-state index in [4.69, 9.17) is 20.4 Å². The highest BCUT2D eigenvalue weighted by molar-refractivity contribution is 5.88. The van der Waals surface area contributed by atoms with Crippen LogP contribution in [0.25, 0.3) is 0 Å². The summed E-state index contributed by atoms with van der Waals surface area (Å²) in [4.78, 5) is 39.6. The summed E-state index contributed by atoms with van der Waals surface area (Å²) in [5.74, 6) is -3.97. The summed E-state index contributed by atoms with van der Waals surface area (Å²) in [5.41, 5.74) is 0. The Labute approximate surface area is 186 Å². The number of carboxylic acids is 4.